The molecule has 1 fully saturated rings. The summed E-state index contributed by atoms with van der Waals surface area (Å²) >= 11 is 0. The Morgan fingerprint density at radius 3 is 2.50 bits per heavy atom. The van der Waals surface area contributed by atoms with Crippen LogP contribution in [0.2, 0.25) is 0 Å². The van der Waals surface area contributed by atoms with Crippen molar-refractivity contribution in [3.63, 3.8) is 0 Å². The maximum Gasteiger partial charge on any atom is 0.185 e. The molecule has 1 saturated heterocycles. The van der Waals surface area contributed by atoms with Gasteiger partial charge in [-0.25, -0.2) is 0 Å². The molecule has 18 heavy (non-hydrogen) atoms. The number of hydrogen-bond donors (Lipinski definition) is 4. The summed E-state index contributed by atoms with van der Waals surface area (Å²) in [5, 5.41) is 32.2. The highest BCUT2D eigenvalue weighted by Crippen LogP contribution is 2.22. The Labute approximate surface area is 108 Å². The zero-order valence-electron chi connectivity index (χ0n) is 11.1. The summed E-state index contributed by atoms with van der Waals surface area (Å²) in [6, 6.07) is -0.549. The topological polar surface area (TPSA) is 91.2 Å². The van der Waals surface area contributed by atoms with E-state index in [4.69, 9.17) is 9.47 Å². The molecule has 0 radical (unpaired) electrons. The van der Waals surface area contributed by atoms with Crippen molar-refractivity contribution >= 4 is 0 Å². The normalized spacial score (nSPS) is 36.8. The Morgan fingerprint density at radius 2 is 1.94 bits per heavy atom. The van der Waals surface area contributed by atoms with Crippen molar-refractivity contribution in [3.8, 4) is 0 Å². The Morgan fingerprint density at radius 1 is 1.22 bits per heavy atom. The summed E-state index contributed by atoms with van der Waals surface area (Å²) in [6.07, 6.45) is -1.56. The van der Waals surface area contributed by atoms with Gasteiger partial charge in [-0.05, 0) is 13.0 Å². The SMILES string of the molecule is CCCCO[C@H]1O[C@H](CO)[C@@H](O)[C@@H](NCC)[C@H]1O. The van der Waals surface area contributed by atoms with Crippen LogP contribution < -0.4 is 5.32 Å². The summed E-state index contributed by atoms with van der Waals surface area (Å²) in [7, 11) is 0. The highest BCUT2D eigenvalue weighted by atomic mass is 16.7. The molecular formula is C12H25NO5. The minimum atomic E-state index is -0.948. The lowest BCUT2D eigenvalue weighted by Gasteiger charge is -2.42. The van der Waals surface area contributed by atoms with Gasteiger partial charge >= 0.3 is 0 Å². The second kappa shape index (κ2) is 8.04. The molecule has 0 aromatic heterocycles. The van der Waals surface area contributed by atoms with Gasteiger partial charge in [0, 0.05) is 6.61 Å². The minimum Gasteiger partial charge on any atom is -0.394 e. The number of nitrogens with one attached hydrogen (secondary N) is 1. The summed E-state index contributed by atoms with van der Waals surface area (Å²) in [4.78, 5) is 0. The third-order valence-corrected chi connectivity index (χ3v) is 3.10. The molecule has 5 atom stereocenters. The molecule has 0 spiro atoms. The van der Waals surface area contributed by atoms with E-state index in [1.165, 1.54) is 0 Å². The maximum absolute atomic E-state index is 10.1. The fraction of sp³-hybridized carbons (Fsp3) is 1.00. The van der Waals surface area contributed by atoms with E-state index in [-0.39, 0.29) is 6.61 Å². The van der Waals surface area contributed by atoms with Crippen LogP contribution in [0.25, 0.3) is 0 Å². The summed E-state index contributed by atoms with van der Waals surface area (Å²) in [6.45, 7) is 4.73. The first kappa shape index (κ1) is 15.8. The van der Waals surface area contributed by atoms with Gasteiger partial charge in [-0.3, -0.25) is 0 Å². The fourth-order valence-corrected chi connectivity index (χ4v) is 2.05. The van der Waals surface area contributed by atoms with Crippen molar-refractivity contribution in [3.05, 3.63) is 0 Å². The van der Waals surface area contributed by atoms with E-state index in [1.54, 1.807) is 0 Å². The molecule has 6 nitrogen and oxygen atoms in total. The molecule has 4 N–H and O–H groups in total. The molecule has 0 bridgehead atoms. The van der Waals surface area contributed by atoms with Crippen molar-refractivity contribution in [2.75, 3.05) is 19.8 Å². The van der Waals surface area contributed by atoms with Crippen molar-refractivity contribution < 1.29 is 24.8 Å². The van der Waals surface area contributed by atoms with Gasteiger partial charge in [0.15, 0.2) is 6.29 Å². The number of aliphatic hydroxyl groups is 3. The third-order valence-electron chi connectivity index (χ3n) is 3.10. The van der Waals surface area contributed by atoms with E-state index < -0.39 is 30.6 Å². The summed E-state index contributed by atoms with van der Waals surface area (Å²) in [5.41, 5.74) is 0. The molecule has 108 valence electrons. The van der Waals surface area contributed by atoms with E-state index in [9.17, 15) is 15.3 Å². The predicted octanol–water partition coefficient (Wildman–Crippen LogP) is -0.780. The second-order valence-electron chi connectivity index (χ2n) is 4.51. The molecule has 1 rings (SSSR count). The van der Waals surface area contributed by atoms with Crippen molar-refractivity contribution in [2.24, 2.45) is 0 Å². The quantitative estimate of drug-likeness (QED) is 0.451. The number of likely N-dealkylation sites (N-methyl/N-ethyl adjacent to an activating group) is 1. The highest BCUT2D eigenvalue weighted by Gasteiger charge is 2.44. The average molecular weight is 263 g/mol. The molecule has 0 aliphatic carbocycles. The lowest BCUT2D eigenvalue weighted by atomic mass is 9.96. The minimum absolute atomic E-state index is 0.302. The molecule has 0 unspecified atom stereocenters. The molecule has 0 aromatic rings. The van der Waals surface area contributed by atoms with E-state index in [1.807, 2.05) is 13.8 Å². The fourth-order valence-electron chi connectivity index (χ4n) is 2.05. The van der Waals surface area contributed by atoms with Crippen molar-refractivity contribution in [1.29, 1.82) is 0 Å². The van der Waals surface area contributed by atoms with Crippen LogP contribution in [0.5, 0.6) is 0 Å². The first-order valence-corrected chi connectivity index (χ1v) is 6.63. The summed E-state index contributed by atoms with van der Waals surface area (Å²) < 4.78 is 10.8. The smallest absolute Gasteiger partial charge is 0.185 e. The maximum atomic E-state index is 10.1. The molecule has 1 aliphatic heterocycles. The van der Waals surface area contributed by atoms with Gasteiger partial charge in [0.25, 0.3) is 0 Å². The van der Waals surface area contributed by atoms with Crippen LogP contribution in [-0.2, 0) is 9.47 Å². The number of aliphatic hydroxyl groups excluding tert-OH is 3. The van der Waals surface area contributed by atoms with Crippen LogP contribution in [0.3, 0.4) is 0 Å². The lowest BCUT2D eigenvalue weighted by Crippen LogP contribution is -2.64. The monoisotopic (exact) mass is 263 g/mol. The van der Waals surface area contributed by atoms with Gasteiger partial charge in [-0.1, -0.05) is 20.3 Å². The van der Waals surface area contributed by atoms with Crippen LogP contribution in [0, 0.1) is 0 Å². The van der Waals surface area contributed by atoms with E-state index >= 15 is 0 Å². The number of rotatable bonds is 7. The Bertz CT molecular complexity index is 229. The van der Waals surface area contributed by atoms with Gasteiger partial charge in [0.2, 0.25) is 0 Å². The van der Waals surface area contributed by atoms with Crippen LogP contribution in [-0.4, -0.2) is 65.7 Å². The summed E-state index contributed by atoms with van der Waals surface area (Å²) in [5.74, 6) is 0. The van der Waals surface area contributed by atoms with Gasteiger partial charge in [-0.15, -0.1) is 0 Å². The molecule has 0 saturated carbocycles. The Kier molecular flexibility index (Phi) is 7.06. The number of hydrogen-bond acceptors (Lipinski definition) is 6. The standard InChI is InChI=1S/C12H25NO5/c1-3-5-6-17-12-11(16)9(13-4-2)10(15)8(7-14)18-12/h8-16H,3-7H2,1-2H3/t8-,9-,10-,11-,12+/m1/s1. The van der Waals surface area contributed by atoms with E-state index in [0.717, 1.165) is 12.8 Å². The van der Waals surface area contributed by atoms with Crippen LogP contribution in [0.1, 0.15) is 26.7 Å². The lowest BCUT2D eigenvalue weighted by molar-refractivity contribution is -0.279. The van der Waals surface area contributed by atoms with Crippen molar-refractivity contribution in [1.82, 2.24) is 5.32 Å². The molecule has 6 heteroatoms. The molecule has 1 aliphatic rings. The van der Waals surface area contributed by atoms with Gasteiger partial charge in [-0.2, -0.15) is 0 Å². The largest absolute Gasteiger partial charge is 0.394 e. The van der Waals surface area contributed by atoms with Gasteiger partial charge in [0.05, 0.1) is 12.6 Å². The molecule has 0 amide bonds. The average Bonchev–Trinajstić information content (AvgIpc) is 2.37. The van der Waals surface area contributed by atoms with E-state index in [2.05, 4.69) is 5.32 Å². The first-order chi connectivity index (χ1) is 8.65. The molecule has 0 aromatic carbocycles. The molecular weight excluding hydrogens is 238 g/mol. The van der Waals surface area contributed by atoms with Gasteiger partial charge in [0.1, 0.15) is 18.3 Å². The number of unbranched alkanes of at least 4 members (excludes halogenated alkanes) is 1. The zero-order chi connectivity index (χ0) is 13.5. The molecule has 1 heterocycles. The Balaban J connectivity index is 2.61. The highest BCUT2D eigenvalue weighted by molar-refractivity contribution is 4.93. The predicted molar refractivity (Wildman–Crippen MR) is 66.1 cm³/mol. The van der Waals surface area contributed by atoms with Crippen molar-refractivity contribution in [2.45, 2.75) is 57.3 Å². The first-order valence-electron chi connectivity index (χ1n) is 6.63. The van der Waals surface area contributed by atoms with Crippen LogP contribution >= 0.6 is 0 Å². The van der Waals surface area contributed by atoms with E-state index in [0.29, 0.717) is 13.2 Å². The van der Waals surface area contributed by atoms with Gasteiger partial charge < -0.3 is 30.1 Å². The second-order valence-corrected chi connectivity index (χ2v) is 4.51. The zero-order valence-corrected chi connectivity index (χ0v) is 11.1. The Hall–Kier alpha value is -0.240. The van der Waals surface area contributed by atoms with Crippen LogP contribution in [0.4, 0.5) is 0 Å². The van der Waals surface area contributed by atoms with Crippen LogP contribution in [0.15, 0.2) is 0 Å². The third kappa shape index (κ3) is 3.88. The number of ether oxygens (including phenoxy) is 2.